The molecule has 0 fully saturated rings. The van der Waals surface area contributed by atoms with Crippen LogP contribution in [0.25, 0.3) is 0 Å². The van der Waals surface area contributed by atoms with Gasteiger partial charge in [-0.25, -0.2) is 0 Å². The first-order valence-electron chi connectivity index (χ1n) is 7.03. The number of nitriles is 1. The Morgan fingerprint density at radius 1 is 1.38 bits per heavy atom. The normalized spacial score (nSPS) is 13.6. The molecule has 0 aliphatic carbocycles. The highest BCUT2D eigenvalue weighted by Gasteiger charge is 2.31. The second-order valence-electron chi connectivity index (χ2n) is 4.95. The van der Waals surface area contributed by atoms with Gasteiger partial charge < -0.3 is 0 Å². The maximum Gasteiger partial charge on any atom is 0.141 e. The van der Waals surface area contributed by atoms with E-state index < -0.39 is 5.54 Å². The molecule has 1 aromatic carbocycles. The van der Waals surface area contributed by atoms with Crippen molar-refractivity contribution in [3.63, 3.8) is 0 Å². The summed E-state index contributed by atoms with van der Waals surface area (Å²) in [5.41, 5.74) is 0.343. The van der Waals surface area contributed by atoms with Crippen LogP contribution in [0.3, 0.4) is 0 Å². The SMILES string of the molecule is CCCNC(C#N)(CSc1cnn(C)c1)c1ccccc1. The van der Waals surface area contributed by atoms with E-state index in [0.717, 1.165) is 23.4 Å². The molecule has 4 nitrogen and oxygen atoms in total. The van der Waals surface area contributed by atoms with Crippen LogP contribution in [0.2, 0.25) is 0 Å². The molecule has 0 radical (unpaired) electrons. The quantitative estimate of drug-likeness (QED) is 0.799. The Bertz CT molecular complexity index is 602. The molecule has 21 heavy (non-hydrogen) atoms. The largest absolute Gasteiger partial charge is 0.295 e. The first-order chi connectivity index (χ1) is 10.2. The maximum absolute atomic E-state index is 9.79. The van der Waals surface area contributed by atoms with Gasteiger partial charge >= 0.3 is 0 Å². The van der Waals surface area contributed by atoms with Gasteiger partial charge in [0.25, 0.3) is 0 Å². The standard InChI is InChI=1S/C16H20N4S/c1-3-9-18-16(12-17,14-7-5-4-6-8-14)13-21-15-10-19-20(2)11-15/h4-8,10-11,18H,3,9,13H2,1-2H3. The molecule has 110 valence electrons. The van der Waals surface area contributed by atoms with Crippen molar-refractivity contribution in [2.75, 3.05) is 12.3 Å². The first-order valence-corrected chi connectivity index (χ1v) is 8.02. The number of hydrogen-bond donors (Lipinski definition) is 1. The summed E-state index contributed by atoms with van der Waals surface area (Å²) in [6.07, 6.45) is 4.79. The minimum absolute atomic E-state index is 0.652. The van der Waals surface area contributed by atoms with E-state index in [1.165, 1.54) is 0 Å². The van der Waals surface area contributed by atoms with Crippen molar-refractivity contribution in [1.82, 2.24) is 15.1 Å². The molecule has 1 aromatic heterocycles. The number of rotatable bonds is 7. The van der Waals surface area contributed by atoms with Crippen molar-refractivity contribution >= 4 is 11.8 Å². The monoisotopic (exact) mass is 300 g/mol. The second kappa shape index (κ2) is 7.30. The van der Waals surface area contributed by atoms with Crippen LogP contribution in [0.1, 0.15) is 18.9 Å². The van der Waals surface area contributed by atoms with Gasteiger partial charge in [-0.15, -0.1) is 11.8 Å². The van der Waals surface area contributed by atoms with Crippen LogP contribution >= 0.6 is 11.8 Å². The Balaban J connectivity index is 2.20. The molecule has 2 rings (SSSR count). The molecule has 2 aromatic rings. The lowest BCUT2D eigenvalue weighted by molar-refractivity contribution is 0.474. The molecule has 1 atom stereocenters. The molecule has 1 N–H and O–H groups in total. The minimum atomic E-state index is -0.669. The van der Waals surface area contributed by atoms with Crippen LogP contribution in [0.5, 0.6) is 0 Å². The summed E-state index contributed by atoms with van der Waals surface area (Å²) < 4.78 is 1.78. The van der Waals surface area contributed by atoms with E-state index in [1.807, 2.05) is 49.8 Å². The number of thioether (sulfide) groups is 1. The van der Waals surface area contributed by atoms with Crippen molar-refractivity contribution in [2.45, 2.75) is 23.8 Å². The van der Waals surface area contributed by atoms with Crippen LogP contribution in [0.4, 0.5) is 0 Å². The zero-order valence-corrected chi connectivity index (χ0v) is 13.2. The van der Waals surface area contributed by atoms with Gasteiger partial charge in [-0.05, 0) is 18.5 Å². The summed E-state index contributed by atoms with van der Waals surface area (Å²) in [4.78, 5) is 1.08. The Hall–Kier alpha value is -1.77. The van der Waals surface area contributed by atoms with E-state index in [4.69, 9.17) is 0 Å². The zero-order chi connectivity index (χ0) is 15.1. The molecule has 5 heteroatoms. The van der Waals surface area contributed by atoms with Gasteiger partial charge in [0.1, 0.15) is 5.54 Å². The van der Waals surface area contributed by atoms with Crippen LogP contribution in [-0.4, -0.2) is 22.1 Å². The Morgan fingerprint density at radius 2 is 2.14 bits per heavy atom. The van der Waals surface area contributed by atoms with Crippen LogP contribution in [-0.2, 0) is 12.6 Å². The van der Waals surface area contributed by atoms with E-state index in [0.29, 0.717) is 5.75 Å². The van der Waals surface area contributed by atoms with Crippen LogP contribution in [0, 0.1) is 11.3 Å². The predicted molar refractivity (Wildman–Crippen MR) is 86.0 cm³/mol. The number of nitrogens with one attached hydrogen (secondary N) is 1. The summed E-state index contributed by atoms with van der Waals surface area (Å²) >= 11 is 1.65. The predicted octanol–water partition coefficient (Wildman–Crippen LogP) is 2.93. The van der Waals surface area contributed by atoms with Crippen LogP contribution < -0.4 is 5.32 Å². The van der Waals surface area contributed by atoms with Crippen molar-refractivity contribution < 1.29 is 0 Å². The molecular formula is C16H20N4S. The average molecular weight is 300 g/mol. The minimum Gasteiger partial charge on any atom is -0.295 e. The molecule has 0 aliphatic rings. The van der Waals surface area contributed by atoms with Crippen molar-refractivity contribution in [2.24, 2.45) is 7.05 Å². The Morgan fingerprint density at radius 3 is 2.71 bits per heavy atom. The van der Waals surface area contributed by atoms with Crippen molar-refractivity contribution in [3.8, 4) is 6.07 Å². The van der Waals surface area contributed by atoms with Gasteiger partial charge in [-0.2, -0.15) is 10.4 Å². The summed E-state index contributed by atoms with van der Waals surface area (Å²) in [6, 6.07) is 12.4. The number of benzene rings is 1. The molecule has 0 bridgehead atoms. The molecule has 0 amide bonds. The zero-order valence-electron chi connectivity index (χ0n) is 12.4. The third-order valence-electron chi connectivity index (χ3n) is 3.27. The third-order valence-corrected chi connectivity index (χ3v) is 4.39. The fourth-order valence-electron chi connectivity index (χ4n) is 2.10. The van der Waals surface area contributed by atoms with Gasteiger partial charge in [-0.3, -0.25) is 10.00 Å². The third kappa shape index (κ3) is 3.87. The molecule has 0 spiro atoms. The highest BCUT2D eigenvalue weighted by Crippen LogP contribution is 2.29. The van der Waals surface area contributed by atoms with E-state index in [2.05, 4.69) is 23.4 Å². The summed E-state index contributed by atoms with van der Waals surface area (Å²) in [5, 5.41) is 17.4. The summed E-state index contributed by atoms with van der Waals surface area (Å²) in [5.74, 6) is 0.652. The smallest absolute Gasteiger partial charge is 0.141 e. The van der Waals surface area contributed by atoms with Gasteiger partial charge in [0.05, 0.1) is 12.3 Å². The second-order valence-corrected chi connectivity index (χ2v) is 6.00. The average Bonchev–Trinajstić information content (AvgIpc) is 2.95. The lowest BCUT2D eigenvalue weighted by Gasteiger charge is -2.28. The first kappa shape index (κ1) is 15.6. The number of hydrogen-bond acceptors (Lipinski definition) is 4. The van der Waals surface area contributed by atoms with Gasteiger partial charge in [0.15, 0.2) is 0 Å². The van der Waals surface area contributed by atoms with Gasteiger partial charge in [0, 0.05) is 23.9 Å². The molecule has 0 aliphatic heterocycles. The van der Waals surface area contributed by atoms with E-state index in [1.54, 1.807) is 16.4 Å². The Kier molecular flexibility index (Phi) is 5.43. The van der Waals surface area contributed by atoms with Crippen molar-refractivity contribution in [3.05, 3.63) is 48.3 Å². The van der Waals surface area contributed by atoms with Crippen molar-refractivity contribution in [1.29, 1.82) is 5.26 Å². The number of aryl methyl sites for hydroxylation is 1. The number of nitrogens with zero attached hydrogens (tertiary/aromatic N) is 3. The number of aromatic nitrogens is 2. The Labute approximate surface area is 130 Å². The molecular weight excluding hydrogens is 280 g/mol. The highest BCUT2D eigenvalue weighted by atomic mass is 32.2. The fraction of sp³-hybridized carbons (Fsp3) is 0.375. The van der Waals surface area contributed by atoms with Crippen LogP contribution in [0.15, 0.2) is 47.6 Å². The van der Waals surface area contributed by atoms with E-state index >= 15 is 0 Å². The van der Waals surface area contributed by atoms with E-state index in [-0.39, 0.29) is 0 Å². The summed E-state index contributed by atoms with van der Waals surface area (Å²) in [6.45, 7) is 2.92. The van der Waals surface area contributed by atoms with Gasteiger partial charge in [-0.1, -0.05) is 37.3 Å². The molecule has 1 unspecified atom stereocenters. The maximum atomic E-state index is 9.79. The topological polar surface area (TPSA) is 53.6 Å². The fourth-order valence-corrected chi connectivity index (χ4v) is 3.16. The summed E-state index contributed by atoms with van der Waals surface area (Å²) in [7, 11) is 1.90. The molecule has 1 heterocycles. The molecule has 0 saturated heterocycles. The molecule has 0 saturated carbocycles. The lowest BCUT2D eigenvalue weighted by atomic mass is 9.93. The lowest BCUT2D eigenvalue weighted by Crippen LogP contribution is -2.43. The van der Waals surface area contributed by atoms with Gasteiger partial charge in [0.2, 0.25) is 0 Å². The van der Waals surface area contributed by atoms with E-state index in [9.17, 15) is 5.26 Å². The highest BCUT2D eigenvalue weighted by molar-refractivity contribution is 7.99.